The molecule has 6 heteroatoms. The Morgan fingerprint density at radius 1 is 1.53 bits per heavy atom. The minimum absolute atomic E-state index is 0.120. The van der Waals surface area contributed by atoms with Gasteiger partial charge in [-0.25, -0.2) is 0 Å². The number of carbonyl (C=O) groups is 1. The zero-order valence-corrected chi connectivity index (χ0v) is 10.3. The molecule has 17 heavy (non-hydrogen) atoms. The van der Waals surface area contributed by atoms with Crippen molar-refractivity contribution in [2.24, 2.45) is 10.8 Å². The minimum atomic E-state index is 0.120. The van der Waals surface area contributed by atoms with Crippen LogP contribution in [0.1, 0.15) is 12.8 Å². The molecule has 1 amide bonds. The maximum Gasteiger partial charge on any atom is 0.222 e. The molecule has 0 fully saturated rings. The van der Waals surface area contributed by atoms with Gasteiger partial charge in [0.15, 0.2) is 0 Å². The van der Waals surface area contributed by atoms with Crippen LogP contribution in [-0.2, 0) is 9.53 Å². The van der Waals surface area contributed by atoms with Crippen LogP contribution in [0.2, 0.25) is 0 Å². The van der Waals surface area contributed by atoms with Gasteiger partial charge >= 0.3 is 0 Å². The highest BCUT2D eigenvalue weighted by atomic mass is 16.5. The van der Waals surface area contributed by atoms with Gasteiger partial charge in [0.1, 0.15) is 0 Å². The number of nitrogens with two attached hydrogens (primary N) is 1. The molecule has 6 nitrogen and oxygen atoms in total. The third-order valence-corrected chi connectivity index (χ3v) is 2.54. The van der Waals surface area contributed by atoms with Crippen molar-refractivity contribution in [3.63, 3.8) is 0 Å². The zero-order chi connectivity index (χ0) is 12.7. The summed E-state index contributed by atoms with van der Waals surface area (Å²) in [6, 6.07) is 0. The fourth-order valence-electron chi connectivity index (χ4n) is 1.50. The molecule has 0 saturated heterocycles. The summed E-state index contributed by atoms with van der Waals surface area (Å²) in [4.78, 5) is 13.3. The summed E-state index contributed by atoms with van der Waals surface area (Å²) in [6.07, 6.45) is 2.92. The first-order chi connectivity index (χ1) is 8.13. The molecule has 1 aliphatic rings. The summed E-state index contributed by atoms with van der Waals surface area (Å²) in [7, 11) is 1.78. The van der Waals surface area contributed by atoms with Gasteiger partial charge in [0.05, 0.1) is 18.9 Å². The number of hydrazone groups is 1. The lowest BCUT2D eigenvalue weighted by molar-refractivity contribution is -0.130. The number of amides is 1. The van der Waals surface area contributed by atoms with Gasteiger partial charge in [0.25, 0.3) is 0 Å². The van der Waals surface area contributed by atoms with Crippen molar-refractivity contribution >= 4 is 12.6 Å². The van der Waals surface area contributed by atoms with E-state index < -0.39 is 0 Å². The van der Waals surface area contributed by atoms with Gasteiger partial charge in [-0.15, -0.1) is 0 Å². The van der Waals surface area contributed by atoms with Gasteiger partial charge in [0.2, 0.25) is 5.91 Å². The average Bonchev–Trinajstić information content (AvgIpc) is 2.31. The number of hydrogen-bond donors (Lipinski definition) is 1. The maximum atomic E-state index is 11.7. The largest absolute Gasteiger partial charge is 0.399 e. The lowest BCUT2D eigenvalue weighted by atomic mass is 10.2. The van der Waals surface area contributed by atoms with Crippen LogP contribution in [0.25, 0.3) is 0 Å². The van der Waals surface area contributed by atoms with E-state index in [2.05, 4.69) is 11.8 Å². The predicted molar refractivity (Wildman–Crippen MR) is 66.2 cm³/mol. The Hall–Kier alpha value is -1.56. The molecular formula is C11H20N4O2. The van der Waals surface area contributed by atoms with Crippen molar-refractivity contribution in [3.05, 3.63) is 11.9 Å². The SMILES string of the molecule is C=NN1/C=C(\N)COCCN(C)C(=O)CCC1. The summed E-state index contributed by atoms with van der Waals surface area (Å²) < 4.78 is 5.35. The molecule has 1 heterocycles. The van der Waals surface area contributed by atoms with E-state index in [0.717, 1.165) is 6.42 Å². The molecule has 0 spiro atoms. The van der Waals surface area contributed by atoms with E-state index in [1.165, 1.54) is 0 Å². The lowest BCUT2D eigenvalue weighted by Gasteiger charge is -2.20. The standard InChI is InChI=1S/C11H20N4O2/c1-13-15-5-3-4-11(16)14(2)6-7-17-9-10(12)8-15/h8H,1,3-7,9,12H2,2H3/b10-8-. The second-order valence-corrected chi connectivity index (χ2v) is 3.98. The Bertz CT molecular complexity index is 304. The van der Waals surface area contributed by atoms with Crippen LogP contribution in [0.3, 0.4) is 0 Å². The Kier molecular flexibility index (Phi) is 5.48. The first kappa shape index (κ1) is 13.5. The van der Waals surface area contributed by atoms with E-state index in [4.69, 9.17) is 10.5 Å². The van der Waals surface area contributed by atoms with E-state index in [0.29, 0.717) is 38.4 Å². The van der Waals surface area contributed by atoms with Crippen LogP contribution < -0.4 is 5.73 Å². The molecule has 0 aromatic carbocycles. The molecule has 2 N–H and O–H groups in total. The van der Waals surface area contributed by atoms with E-state index in [-0.39, 0.29) is 5.91 Å². The molecular weight excluding hydrogens is 220 g/mol. The van der Waals surface area contributed by atoms with Crippen LogP contribution in [-0.4, -0.2) is 55.9 Å². The molecule has 1 aliphatic heterocycles. The summed E-state index contributed by atoms with van der Waals surface area (Å²) in [5.74, 6) is 0.120. The monoisotopic (exact) mass is 240 g/mol. The van der Waals surface area contributed by atoms with Crippen molar-refractivity contribution < 1.29 is 9.53 Å². The highest BCUT2D eigenvalue weighted by molar-refractivity contribution is 5.75. The zero-order valence-electron chi connectivity index (χ0n) is 10.3. The fraction of sp³-hybridized carbons (Fsp3) is 0.636. The van der Waals surface area contributed by atoms with E-state index in [1.54, 1.807) is 23.2 Å². The second kappa shape index (κ2) is 6.90. The van der Waals surface area contributed by atoms with Gasteiger partial charge in [-0.05, 0) is 6.42 Å². The number of ether oxygens (including phenoxy) is 1. The smallest absolute Gasteiger partial charge is 0.222 e. The molecule has 0 radical (unpaired) electrons. The Balaban J connectivity index is 2.62. The van der Waals surface area contributed by atoms with Gasteiger partial charge in [0, 0.05) is 39.5 Å². The van der Waals surface area contributed by atoms with Crippen LogP contribution in [0.5, 0.6) is 0 Å². The number of hydrogen-bond acceptors (Lipinski definition) is 5. The molecule has 0 atom stereocenters. The molecule has 96 valence electrons. The van der Waals surface area contributed by atoms with Crippen molar-refractivity contribution in [1.82, 2.24) is 9.91 Å². The first-order valence-electron chi connectivity index (χ1n) is 5.64. The van der Waals surface area contributed by atoms with Crippen molar-refractivity contribution in [3.8, 4) is 0 Å². The van der Waals surface area contributed by atoms with Crippen LogP contribution >= 0.6 is 0 Å². The molecule has 0 bridgehead atoms. The number of carbonyl (C=O) groups excluding carboxylic acids is 1. The average molecular weight is 240 g/mol. The molecule has 0 unspecified atom stereocenters. The predicted octanol–water partition coefficient (Wildman–Crippen LogP) is -0.0271. The molecule has 0 saturated carbocycles. The van der Waals surface area contributed by atoms with Crippen molar-refractivity contribution in [2.75, 3.05) is 33.4 Å². The second-order valence-electron chi connectivity index (χ2n) is 3.98. The van der Waals surface area contributed by atoms with Crippen molar-refractivity contribution in [2.45, 2.75) is 12.8 Å². The third-order valence-electron chi connectivity index (χ3n) is 2.54. The highest BCUT2D eigenvalue weighted by Gasteiger charge is 2.10. The van der Waals surface area contributed by atoms with Crippen LogP contribution in [0.15, 0.2) is 17.0 Å². The van der Waals surface area contributed by atoms with E-state index in [9.17, 15) is 4.79 Å². The van der Waals surface area contributed by atoms with Gasteiger partial charge in [-0.2, -0.15) is 5.10 Å². The van der Waals surface area contributed by atoms with Gasteiger partial charge < -0.3 is 15.4 Å². The minimum Gasteiger partial charge on any atom is -0.399 e. The Labute approximate surface area is 102 Å². The summed E-state index contributed by atoms with van der Waals surface area (Å²) in [6.45, 7) is 5.51. The molecule has 0 aromatic rings. The Morgan fingerprint density at radius 2 is 2.29 bits per heavy atom. The summed E-state index contributed by atoms with van der Waals surface area (Å²) in [5, 5.41) is 5.45. The number of rotatable bonds is 1. The topological polar surface area (TPSA) is 71.2 Å². The van der Waals surface area contributed by atoms with Crippen LogP contribution in [0, 0.1) is 0 Å². The summed E-state index contributed by atoms with van der Waals surface area (Å²) in [5.41, 5.74) is 6.37. The Morgan fingerprint density at radius 3 is 3.00 bits per heavy atom. The number of likely N-dealkylation sites (N-methyl/N-ethyl adjacent to an activating group) is 1. The molecule has 1 rings (SSSR count). The maximum absolute atomic E-state index is 11.7. The van der Waals surface area contributed by atoms with Crippen LogP contribution in [0.4, 0.5) is 0 Å². The van der Waals surface area contributed by atoms with E-state index in [1.807, 2.05) is 0 Å². The van der Waals surface area contributed by atoms with Crippen molar-refractivity contribution in [1.29, 1.82) is 0 Å². The molecule has 0 aromatic heterocycles. The number of nitrogens with zero attached hydrogens (tertiary/aromatic N) is 3. The van der Waals surface area contributed by atoms with Gasteiger partial charge in [-0.1, -0.05) is 0 Å². The quantitative estimate of drug-likeness (QED) is 0.653. The lowest BCUT2D eigenvalue weighted by Crippen LogP contribution is -2.31. The highest BCUT2D eigenvalue weighted by Crippen LogP contribution is 2.03. The fourth-order valence-corrected chi connectivity index (χ4v) is 1.50. The molecule has 0 aliphatic carbocycles. The van der Waals surface area contributed by atoms with E-state index >= 15 is 0 Å². The normalized spacial score (nSPS) is 23.4. The first-order valence-corrected chi connectivity index (χ1v) is 5.64. The van der Waals surface area contributed by atoms with Gasteiger partial charge in [-0.3, -0.25) is 9.80 Å². The summed E-state index contributed by atoms with van der Waals surface area (Å²) >= 11 is 0. The third kappa shape index (κ3) is 4.86.